The van der Waals surface area contributed by atoms with Gasteiger partial charge in [0.05, 0.1) is 6.04 Å². The van der Waals surface area contributed by atoms with Crippen molar-refractivity contribution in [2.24, 2.45) is 5.73 Å². The standard InChI is InChI=1S/C90H104BN21O10S/c92-61-21-1-51(2-22-61)41-71(81(102)113)103-82(114)72(42-52-3-23-62(93)24-4-52)104-83(115)73(43-53-5-25-63(94)26-6-53)105-84(116)74(44-54-7-27-64(95)28-8-54)106-85(117)75(45-55-9-29-65(96)30-10-55)107-86(118)76(46-56-11-31-66(97)32-12-56)108-87(119)77(47-57-13-33-67(98)34-14-57)109-88(120)78(48-58-15-35-68(99)36-16-58)110-89(121)79(49-59-17-37-69(100)38-18-59)111-90(122)80(112-91-123)50-60-19-39-70(101)40-20-60/h1-40,71-80,91,112,123H,41-50,92-101H2,(H2,102,113)(H,103,114)(H,104,115)(H,105,116)(H,106,117)(H,107,118)(H,108,119)(H,109,120)(H,110,121)(H,111,122). The molecule has 0 radical (unpaired) electrons. The molecule has 0 aromatic heterocycles. The van der Waals surface area contributed by atoms with Crippen LogP contribution in [0, 0.1) is 0 Å². The maximum atomic E-state index is 15.7. The predicted octanol–water partition coefficient (Wildman–Crippen LogP) is 2.24. The molecule has 10 aromatic carbocycles. The summed E-state index contributed by atoms with van der Waals surface area (Å²) in [5, 5.41) is 28.7. The maximum Gasteiger partial charge on any atom is 0.267 e. The molecule has 33 heteroatoms. The first-order chi connectivity index (χ1) is 58.9. The Kier molecular flexibility index (Phi) is 32.3. The van der Waals surface area contributed by atoms with Crippen LogP contribution in [0.15, 0.2) is 243 Å². The van der Waals surface area contributed by atoms with Gasteiger partial charge in [0.1, 0.15) is 54.4 Å². The summed E-state index contributed by atoms with van der Waals surface area (Å²) in [6, 6.07) is 51.4. The van der Waals surface area contributed by atoms with Crippen LogP contribution in [0.25, 0.3) is 0 Å². The van der Waals surface area contributed by atoms with E-state index in [0.717, 1.165) is 5.56 Å². The molecule has 10 aromatic rings. The Morgan fingerprint density at radius 2 is 0.301 bits per heavy atom. The fraction of sp³-hybridized carbons (Fsp3) is 0.222. The van der Waals surface area contributed by atoms with E-state index in [2.05, 4.69) is 65.6 Å². The average Bonchev–Trinajstić information content (AvgIpc) is 0.873. The van der Waals surface area contributed by atoms with Crippen molar-refractivity contribution in [1.82, 2.24) is 53.1 Å². The third-order valence-electron chi connectivity index (χ3n) is 20.6. The Bertz CT molecular complexity index is 5260. The predicted molar refractivity (Wildman–Crippen MR) is 485 cm³/mol. The van der Waals surface area contributed by atoms with E-state index < -0.39 is 119 Å². The van der Waals surface area contributed by atoms with Gasteiger partial charge in [0.15, 0.2) is 0 Å². The number of hydrogen-bond acceptors (Lipinski definition) is 22. The summed E-state index contributed by atoms with van der Waals surface area (Å²) < 4.78 is 0. The molecular weight excluding hydrogens is 1580 g/mol. The molecule has 0 aliphatic rings. The molecule has 10 amide bonds. The maximum absolute atomic E-state index is 15.7. The topological polar surface area (TPSA) is 577 Å². The highest BCUT2D eigenvalue weighted by atomic mass is 32.1. The number of nitrogens with two attached hydrogens (primary N) is 11. The van der Waals surface area contributed by atoms with Gasteiger partial charge in [-0.3, -0.25) is 47.9 Å². The van der Waals surface area contributed by atoms with E-state index >= 15 is 33.6 Å². The van der Waals surface area contributed by atoms with E-state index in [1.54, 1.807) is 243 Å². The third-order valence-corrected chi connectivity index (χ3v) is 20.8. The van der Waals surface area contributed by atoms with Crippen LogP contribution in [0.5, 0.6) is 0 Å². The molecule has 0 heterocycles. The summed E-state index contributed by atoms with van der Waals surface area (Å²) in [5.41, 5.74) is 76.6. The van der Waals surface area contributed by atoms with E-state index in [4.69, 9.17) is 63.1 Å². The van der Waals surface area contributed by atoms with Crippen molar-refractivity contribution in [2.45, 2.75) is 125 Å². The van der Waals surface area contributed by atoms with E-state index in [1.807, 2.05) is 0 Å². The number of hydrogen-bond donors (Lipinski definition) is 22. The molecule has 10 atom stereocenters. The van der Waals surface area contributed by atoms with Gasteiger partial charge in [-0.1, -0.05) is 121 Å². The van der Waals surface area contributed by atoms with Gasteiger partial charge in [-0.25, -0.2) is 12.5 Å². The zero-order chi connectivity index (χ0) is 88.2. The zero-order valence-electron chi connectivity index (χ0n) is 67.5. The van der Waals surface area contributed by atoms with Gasteiger partial charge in [-0.15, -0.1) is 0 Å². The second-order valence-electron chi connectivity index (χ2n) is 30.3. The van der Waals surface area contributed by atoms with Crippen LogP contribution in [0.4, 0.5) is 56.9 Å². The van der Waals surface area contributed by atoms with Crippen molar-refractivity contribution >= 4 is 135 Å². The van der Waals surface area contributed by atoms with Crippen molar-refractivity contribution in [3.05, 3.63) is 298 Å². The Balaban J connectivity index is 0.963. The number of nitrogen functional groups attached to an aromatic ring is 10. The zero-order valence-corrected chi connectivity index (χ0v) is 68.4. The Hall–Kier alpha value is -14.7. The Morgan fingerprint density at radius 3 is 0.423 bits per heavy atom. The third kappa shape index (κ3) is 28.5. The second-order valence-corrected chi connectivity index (χ2v) is 30.6. The van der Waals surface area contributed by atoms with Crippen LogP contribution in [-0.4, -0.2) is 126 Å². The van der Waals surface area contributed by atoms with Gasteiger partial charge in [0, 0.05) is 115 Å². The first kappa shape index (κ1) is 90.6. The number of thiol groups is 1. The summed E-state index contributed by atoms with van der Waals surface area (Å²) in [6.07, 6.45) is -1.46. The molecule has 31 nitrogen and oxygen atoms in total. The molecule has 638 valence electrons. The molecule has 0 aliphatic carbocycles. The van der Waals surface area contributed by atoms with Gasteiger partial charge >= 0.3 is 0 Å². The lowest BCUT2D eigenvalue weighted by molar-refractivity contribution is -0.136. The molecule has 0 spiro atoms. The SMILES string of the molecule is NC(=O)C(Cc1ccc(N)cc1)NC(=O)C(Cc1ccc(N)cc1)NC(=O)C(Cc1ccc(N)cc1)NC(=O)C(Cc1ccc(N)cc1)NC(=O)C(Cc1ccc(N)cc1)NC(=O)C(Cc1ccc(N)cc1)NC(=O)C(Cc1ccc(N)cc1)NC(=O)C(Cc1ccc(N)cc1)NC(=O)C(Cc1ccc(N)cc1)NC(=O)C(Cc1ccc(N)cc1)NBS. The summed E-state index contributed by atoms with van der Waals surface area (Å²) in [7, 11) is 0. The lowest BCUT2D eigenvalue weighted by atomic mass is 9.99. The number of amides is 10. The molecule has 32 N–H and O–H groups in total. The van der Waals surface area contributed by atoms with Gasteiger partial charge in [-0.2, -0.15) is 0 Å². The van der Waals surface area contributed by atoms with Gasteiger partial charge < -0.3 is 116 Å². The minimum atomic E-state index is -1.59. The second kappa shape index (κ2) is 43.8. The number of anilines is 10. The van der Waals surface area contributed by atoms with Crippen LogP contribution in [0.3, 0.4) is 0 Å². The normalized spacial score (nSPS) is 13.5. The van der Waals surface area contributed by atoms with Crippen LogP contribution >= 0.6 is 12.5 Å². The minimum Gasteiger partial charge on any atom is -0.399 e. The van der Waals surface area contributed by atoms with Crippen molar-refractivity contribution < 1.29 is 47.9 Å². The Labute approximate surface area is 718 Å². The van der Waals surface area contributed by atoms with Crippen LogP contribution in [0.1, 0.15) is 55.6 Å². The van der Waals surface area contributed by atoms with E-state index in [9.17, 15) is 14.4 Å². The van der Waals surface area contributed by atoms with Crippen LogP contribution in [-0.2, 0) is 112 Å². The first-order valence-corrected chi connectivity index (χ1v) is 40.4. The van der Waals surface area contributed by atoms with E-state index in [1.165, 1.54) is 0 Å². The van der Waals surface area contributed by atoms with Crippen molar-refractivity contribution in [2.75, 3.05) is 57.3 Å². The van der Waals surface area contributed by atoms with Crippen molar-refractivity contribution in [3.63, 3.8) is 0 Å². The Morgan fingerprint density at radius 1 is 0.195 bits per heavy atom. The lowest BCUT2D eigenvalue weighted by Gasteiger charge is -2.29. The number of carbonyl (C=O) groups excluding carboxylic acids is 10. The average molecular weight is 1680 g/mol. The molecular formula is C90H104BN21O10S. The van der Waals surface area contributed by atoms with Gasteiger partial charge in [-0.05, 0) is 183 Å². The highest BCUT2D eigenvalue weighted by molar-refractivity contribution is 8.06. The summed E-state index contributed by atoms with van der Waals surface area (Å²) in [4.78, 5) is 151. The summed E-state index contributed by atoms with van der Waals surface area (Å²) in [6.45, 7) is 0.0853. The fourth-order valence-corrected chi connectivity index (χ4v) is 13.8. The quantitative estimate of drug-likeness (QED) is 0.0148. The molecule has 0 bridgehead atoms. The number of carbonyl (C=O) groups is 10. The number of benzene rings is 10. The first-order valence-electron chi connectivity index (χ1n) is 39.7. The van der Waals surface area contributed by atoms with Crippen LogP contribution in [0.2, 0.25) is 0 Å². The monoisotopic (exact) mass is 1680 g/mol. The minimum absolute atomic E-state index is 0.0366. The molecule has 123 heavy (non-hydrogen) atoms. The molecule has 0 aliphatic heterocycles. The fourth-order valence-electron chi connectivity index (χ4n) is 13.6. The summed E-state index contributed by atoms with van der Waals surface area (Å²) in [5.74, 6) is -8.46. The van der Waals surface area contributed by atoms with Crippen LogP contribution < -0.4 is 116 Å². The molecule has 0 saturated carbocycles. The van der Waals surface area contributed by atoms with Gasteiger partial charge in [0.25, 0.3) is 6.69 Å². The number of primary amides is 1. The highest BCUT2D eigenvalue weighted by Gasteiger charge is 2.38. The highest BCUT2D eigenvalue weighted by Crippen LogP contribution is 2.21. The van der Waals surface area contributed by atoms with E-state index in [0.29, 0.717) is 107 Å². The van der Waals surface area contributed by atoms with E-state index in [-0.39, 0.29) is 70.9 Å². The molecule has 0 saturated heterocycles. The smallest absolute Gasteiger partial charge is 0.267 e. The molecule has 10 unspecified atom stereocenters. The largest absolute Gasteiger partial charge is 0.399 e. The molecule has 10 rings (SSSR count). The van der Waals surface area contributed by atoms with Gasteiger partial charge in [0.2, 0.25) is 59.1 Å². The molecule has 0 fully saturated rings. The summed E-state index contributed by atoms with van der Waals surface area (Å²) >= 11 is 4.37. The van der Waals surface area contributed by atoms with Crippen molar-refractivity contribution in [1.29, 1.82) is 0 Å². The van der Waals surface area contributed by atoms with Crippen molar-refractivity contribution in [3.8, 4) is 0 Å². The lowest BCUT2D eigenvalue weighted by Crippen LogP contribution is -2.62. The number of rotatable bonds is 41. The number of nitrogens with one attached hydrogen (secondary N) is 10.